The maximum absolute atomic E-state index is 11.2. The zero-order valence-corrected chi connectivity index (χ0v) is 9.93. The van der Waals surface area contributed by atoms with E-state index in [0.717, 1.165) is 6.42 Å². The zero-order chi connectivity index (χ0) is 12.4. The van der Waals surface area contributed by atoms with Gasteiger partial charge in [-0.05, 0) is 31.9 Å². The largest absolute Gasteiger partial charge is 0.478 e. The summed E-state index contributed by atoms with van der Waals surface area (Å²) >= 11 is 0. The first kappa shape index (κ1) is 11.9. The topological polar surface area (TPSA) is 71.5 Å². The van der Waals surface area contributed by atoms with E-state index in [2.05, 4.69) is 10.3 Å². The van der Waals surface area contributed by atoms with E-state index < -0.39 is 5.97 Å². The number of ether oxygens (including phenoxy) is 1. The third-order valence-corrected chi connectivity index (χ3v) is 3.07. The van der Waals surface area contributed by atoms with Crippen LogP contribution in [0.1, 0.15) is 29.3 Å². The van der Waals surface area contributed by atoms with Gasteiger partial charge >= 0.3 is 5.97 Å². The Labute approximate surface area is 99.8 Å². The Morgan fingerprint density at radius 3 is 3.00 bits per heavy atom. The van der Waals surface area contributed by atoms with E-state index in [-0.39, 0.29) is 17.7 Å². The molecule has 5 heteroatoms. The van der Waals surface area contributed by atoms with Crippen LogP contribution >= 0.6 is 0 Å². The quantitative estimate of drug-likeness (QED) is 0.835. The smallest absolute Gasteiger partial charge is 0.339 e. The van der Waals surface area contributed by atoms with Gasteiger partial charge in [0.15, 0.2) is 0 Å². The van der Waals surface area contributed by atoms with Crippen molar-refractivity contribution >= 4 is 11.8 Å². The number of nitrogens with zero attached hydrogens (tertiary/aromatic N) is 1. The van der Waals surface area contributed by atoms with Crippen LogP contribution in [0, 0.1) is 6.92 Å². The number of anilines is 1. The van der Waals surface area contributed by atoms with Crippen molar-refractivity contribution < 1.29 is 14.6 Å². The summed E-state index contributed by atoms with van der Waals surface area (Å²) in [6.07, 6.45) is 2.57. The number of aromatic nitrogens is 1. The molecule has 1 aliphatic heterocycles. The van der Waals surface area contributed by atoms with E-state index in [1.165, 1.54) is 0 Å². The standard InChI is InChI=1S/C12H16N2O3/c1-7-3-5-13-11(10(7)12(15)16)14-9-4-6-17-8(9)2/h3,5,8-9H,4,6H2,1-2H3,(H,13,14)(H,15,16). The third-order valence-electron chi connectivity index (χ3n) is 3.07. The minimum Gasteiger partial charge on any atom is -0.478 e. The van der Waals surface area contributed by atoms with E-state index in [0.29, 0.717) is 18.0 Å². The lowest BCUT2D eigenvalue weighted by Gasteiger charge is -2.18. The highest BCUT2D eigenvalue weighted by molar-refractivity contribution is 5.94. The summed E-state index contributed by atoms with van der Waals surface area (Å²) in [7, 11) is 0. The van der Waals surface area contributed by atoms with Crippen molar-refractivity contribution in [3.63, 3.8) is 0 Å². The van der Waals surface area contributed by atoms with Crippen LogP contribution < -0.4 is 5.32 Å². The molecule has 5 nitrogen and oxygen atoms in total. The van der Waals surface area contributed by atoms with Gasteiger partial charge in [0, 0.05) is 12.8 Å². The van der Waals surface area contributed by atoms with Crippen molar-refractivity contribution in [2.24, 2.45) is 0 Å². The van der Waals surface area contributed by atoms with Gasteiger partial charge in [-0.1, -0.05) is 0 Å². The number of nitrogens with one attached hydrogen (secondary N) is 1. The highest BCUT2D eigenvalue weighted by Crippen LogP contribution is 2.22. The molecule has 2 rings (SSSR count). The Balaban J connectivity index is 2.26. The molecule has 0 spiro atoms. The van der Waals surface area contributed by atoms with E-state index in [4.69, 9.17) is 4.74 Å². The molecule has 0 aliphatic carbocycles. The number of hydrogen-bond acceptors (Lipinski definition) is 4. The fourth-order valence-electron chi connectivity index (χ4n) is 2.03. The highest BCUT2D eigenvalue weighted by Gasteiger charge is 2.26. The molecule has 2 unspecified atom stereocenters. The predicted molar refractivity (Wildman–Crippen MR) is 63.4 cm³/mol. The molecule has 1 aliphatic rings. The van der Waals surface area contributed by atoms with Gasteiger partial charge in [-0.3, -0.25) is 0 Å². The Morgan fingerprint density at radius 2 is 2.41 bits per heavy atom. The molecule has 92 valence electrons. The van der Waals surface area contributed by atoms with E-state index in [9.17, 15) is 9.90 Å². The zero-order valence-electron chi connectivity index (χ0n) is 9.93. The summed E-state index contributed by atoms with van der Waals surface area (Å²) in [4.78, 5) is 15.3. The van der Waals surface area contributed by atoms with E-state index in [1.54, 1.807) is 19.2 Å². The SMILES string of the molecule is Cc1ccnc(NC2CCOC2C)c1C(=O)O. The van der Waals surface area contributed by atoms with E-state index in [1.807, 2.05) is 6.92 Å². The Bertz CT molecular complexity index is 434. The molecule has 17 heavy (non-hydrogen) atoms. The van der Waals surface area contributed by atoms with Gasteiger partial charge in [0.25, 0.3) is 0 Å². The fourth-order valence-corrected chi connectivity index (χ4v) is 2.03. The summed E-state index contributed by atoms with van der Waals surface area (Å²) in [5, 5.41) is 12.3. The van der Waals surface area contributed by atoms with Crippen molar-refractivity contribution in [2.45, 2.75) is 32.4 Å². The van der Waals surface area contributed by atoms with Crippen LogP contribution in [0.5, 0.6) is 0 Å². The third kappa shape index (κ3) is 2.39. The van der Waals surface area contributed by atoms with Crippen molar-refractivity contribution in [3.05, 3.63) is 23.4 Å². The molecule has 0 aromatic carbocycles. The fraction of sp³-hybridized carbons (Fsp3) is 0.500. The van der Waals surface area contributed by atoms with Crippen LogP contribution in [0.25, 0.3) is 0 Å². The van der Waals surface area contributed by atoms with E-state index >= 15 is 0 Å². The summed E-state index contributed by atoms with van der Waals surface area (Å²) in [5.41, 5.74) is 0.952. The Morgan fingerprint density at radius 1 is 1.65 bits per heavy atom. The summed E-state index contributed by atoms with van der Waals surface area (Å²) in [6.45, 7) is 4.44. The van der Waals surface area contributed by atoms with Crippen molar-refractivity contribution in [1.82, 2.24) is 4.98 Å². The maximum Gasteiger partial charge on any atom is 0.339 e. The van der Waals surface area contributed by atoms with Gasteiger partial charge in [0.2, 0.25) is 0 Å². The number of aromatic carboxylic acids is 1. The summed E-state index contributed by atoms with van der Waals surface area (Å²) in [6, 6.07) is 1.82. The molecule has 2 heterocycles. The molecule has 2 N–H and O–H groups in total. The van der Waals surface area contributed by atoms with Crippen molar-refractivity contribution in [1.29, 1.82) is 0 Å². The molecule has 0 radical (unpaired) electrons. The molecule has 0 amide bonds. The Kier molecular flexibility index (Phi) is 3.28. The number of carbonyl (C=O) groups is 1. The number of rotatable bonds is 3. The monoisotopic (exact) mass is 236 g/mol. The Hall–Kier alpha value is -1.62. The predicted octanol–water partition coefficient (Wildman–Crippen LogP) is 1.68. The number of carboxylic acid groups (broad SMARTS) is 1. The number of carboxylic acids is 1. The first-order chi connectivity index (χ1) is 8.09. The van der Waals surface area contributed by atoms with Gasteiger partial charge < -0.3 is 15.2 Å². The first-order valence-electron chi connectivity index (χ1n) is 5.66. The molecule has 0 saturated carbocycles. The lowest BCUT2D eigenvalue weighted by Crippen LogP contribution is -2.28. The molecule has 2 atom stereocenters. The lowest BCUT2D eigenvalue weighted by molar-refractivity contribution is 0.0696. The second-order valence-corrected chi connectivity index (χ2v) is 4.27. The van der Waals surface area contributed by atoms with Crippen molar-refractivity contribution in [3.8, 4) is 0 Å². The molecular weight excluding hydrogens is 220 g/mol. The highest BCUT2D eigenvalue weighted by atomic mass is 16.5. The summed E-state index contributed by atoms with van der Waals surface area (Å²) < 4.78 is 5.43. The minimum atomic E-state index is -0.954. The lowest BCUT2D eigenvalue weighted by atomic mass is 10.1. The second-order valence-electron chi connectivity index (χ2n) is 4.27. The average Bonchev–Trinajstić information content (AvgIpc) is 2.64. The molecule has 1 fully saturated rings. The summed E-state index contributed by atoms with van der Waals surface area (Å²) in [5.74, 6) is -0.524. The number of aryl methyl sites for hydroxylation is 1. The van der Waals surface area contributed by atoms with Crippen molar-refractivity contribution in [2.75, 3.05) is 11.9 Å². The maximum atomic E-state index is 11.2. The second kappa shape index (κ2) is 4.71. The van der Waals surface area contributed by atoms with Crippen LogP contribution in [-0.4, -0.2) is 34.8 Å². The molecule has 1 aromatic rings. The van der Waals surface area contributed by atoms with Gasteiger partial charge in [0.1, 0.15) is 11.4 Å². The molecule has 1 saturated heterocycles. The van der Waals surface area contributed by atoms with Crippen LogP contribution in [-0.2, 0) is 4.74 Å². The van der Waals surface area contributed by atoms with Crippen LogP contribution in [0.15, 0.2) is 12.3 Å². The van der Waals surface area contributed by atoms with Gasteiger partial charge in [0.05, 0.1) is 12.1 Å². The van der Waals surface area contributed by atoms with Crippen LogP contribution in [0.3, 0.4) is 0 Å². The van der Waals surface area contributed by atoms with Gasteiger partial charge in [-0.25, -0.2) is 9.78 Å². The number of hydrogen-bond donors (Lipinski definition) is 2. The molecule has 1 aromatic heterocycles. The van der Waals surface area contributed by atoms with Crippen LogP contribution in [0.4, 0.5) is 5.82 Å². The first-order valence-corrected chi connectivity index (χ1v) is 5.66. The average molecular weight is 236 g/mol. The van der Waals surface area contributed by atoms with Gasteiger partial charge in [-0.2, -0.15) is 0 Å². The normalized spacial score (nSPS) is 23.6. The van der Waals surface area contributed by atoms with Gasteiger partial charge in [-0.15, -0.1) is 0 Å². The number of pyridine rings is 1. The molecular formula is C12H16N2O3. The minimum absolute atomic E-state index is 0.0824. The molecule has 0 bridgehead atoms. The van der Waals surface area contributed by atoms with Crippen LogP contribution in [0.2, 0.25) is 0 Å².